The van der Waals surface area contributed by atoms with Crippen molar-refractivity contribution in [3.63, 3.8) is 0 Å². The summed E-state index contributed by atoms with van der Waals surface area (Å²) < 4.78 is 0. The number of amides is 3. The molecule has 1 fully saturated rings. The van der Waals surface area contributed by atoms with E-state index in [1.807, 2.05) is 0 Å². The van der Waals surface area contributed by atoms with Gasteiger partial charge in [0.1, 0.15) is 16.6 Å². The molecule has 0 radical (unpaired) electrons. The summed E-state index contributed by atoms with van der Waals surface area (Å²) in [6.45, 7) is 0.397. The zero-order valence-corrected chi connectivity index (χ0v) is 27.9. The highest BCUT2D eigenvalue weighted by Crippen LogP contribution is 2.30. The minimum atomic E-state index is -1.79. The van der Waals surface area contributed by atoms with E-state index in [2.05, 4.69) is 43.2 Å². The van der Waals surface area contributed by atoms with E-state index < -0.39 is 71.5 Å². The van der Waals surface area contributed by atoms with Gasteiger partial charge in [-0.3, -0.25) is 43.5 Å². The molecule has 0 bridgehead atoms. The molecule has 45 heavy (non-hydrogen) atoms. The fraction of sp³-hybridized carbons (Fsp3) is 0.769. The largest absolute Gasteiger partial charge is 0.481 e. The number of carbonyl (C=O) groups is 6. The van der Waals surface area contributed by atoms with Crippen molar-refractivity contribution in [1.82, 2.24) is 20.0 Å². The van der Waals surface area contributed by atoms with E-state index >= 15 is 0 Å². The number of hydrogen-bond acceptors (Lipinski definition) is 13. The van der Waals surface area contributed by atoms with Crippen LogP contribution in [0, 0.1) is 0 Å². The summed E-state index contributed by atoms with van der Waals surface area (Å²) in [4.78, 5) is 79.6. The third kappa shape index (κ3) is 10.6. The molecular weight excluding hydrogens is 651 g/mol. The standard InChI is InChI=1S/C26H47N7O9S3/c27-21(40)24(1-12-43,15-18(34)35)31-6-4-30-5-7-32(25(2-13-44,22(28)41)16-19(36)37)9-11-33(10-8-31)26(3-14-45,23(29)42)17-20(38)39/h30,43-45H,1-17H2,(H2,27,40)(H2,28,41)(H2,29,42)(H,34,35)(H,36,37)(H,38,39). The highest BCUT2D eigenvalue weighted by atomic mass is 32.1. The van der Waals surface area contributed by atoms with Crippen molar-refractivity contribution in [2.24, 2.45) is 17.2 Å². The van der Waals surface area contributed by atoms with Crippen LogP contribution in [0.5, 0.6) is 0 Å². The molecule has 1 heterocycles. The molecule has 0 aliphatic carbocycles. The SMILES string of the molecule is NC(=O)C(CCS)(CC(=O)O)N1CCNCCN(C(CCS)(CC(=O)O)C(N)=O)CCN(C(CCS)(CC(=O)O)C(N)=O)CC1. The average Bonchev–Trinajstić information content (AvgIpc) is 2.91. The van der Waals surface area contributed by atoms with Crippen LogP contribution in [0.15, 0.2) is 0 Å². The van der Waals surface area contributed by atoms with Gasteiger partial charge in [0.25, 0.3) is 0 Å². The van der Waals surface area contributed by atoms with Gasteiger partial charge >= 0.3 is 17.9 Å². The Morgan fingerprint density at radius 3 is 0.978 bits per heavy atom. The lowest BCUT2D eigenvalue weighted by Crippen LogP contribution is -2.66. The molecule has 3 unspecified atom stereocenters. The highest BCUT2D eigenvalue weighted by molar-refractivity contribution is 7.80. The molecule has 16 nitrogen and oxygen atoms in total. The lowest BCUT2D eigenvalue weighted by Gasteiger charge is -2.47. The predicted octanol–water partition coefficient (Wildman–Crippen LogP) is -2.45. The second-order valence-corrected chi connectivity index (χ2v) is 12.4. The van der Waals surface area contributed by atoms with Crippen LogP contribution in [0.25, 0.3) is 0 Å². The van der Waals surface area contributed by atoms with Crippen LogP contribution >= 0.6 is 37.9 Å². The van der Waals surface area contributed by atoms with Gasteiger partial charge in [-0.1, -0.05) is 0 Å². The monoisotopic (exact) mass is 697 g/mol. The molecule has 10 N–H and O–H groups in total. The molecular formula is C26H47N7O9S3. The van der Waals surface area contributed by atoms with Crippen molar-refractivity contribution in [1.29, 1.82) is 0 Å². The van der Waals surface area contributed by atoms with Gasteiger partial charge in [-0.05, 0) is 36.5 Å². The van der Waals surface area contributed by atoms with E-state index in [0.29, 0.717) is 0 Å². The number of nitrogens with two attached hydrogens (primary N) is 3. The Balaban J connectivity index is 3.84. The van der Waals surface area contributed by atoms with E-state index in [4.69, 9.17) is 17.2 Å². The fourth-order valence-corrected chi connectivity index (χ4v) is 7.24. The number of nitrogens with one attached hydrogen (secondary N) is 1. The first kappa shape index (κ1) is 40.7. The van der Waals surface area contributed by atoms with Gasteiger partial charge in [-0.15, -0.1) is 0 Å². The maximum atomic E-state index is 13.1. The van der Waals surface area contributed by atoms with Crippen LogP contribution in [0.3, 0.4) is 0 Å². The first-order chi connectivity index (χ1) is 21.1. The van der Waals surface area contributed by atoms with Crippen molar-refractivity contribution >= 4 is 73.5 Å². The summed E-state index contributed by atoms with van der Waals surface area (Å²) in [5.74, 6) is -6.22. The number of aliphatic carboxylic acids is 3. The summed E-state index contributed by atoms with van der Waals surface area (Å²) in [6, 6.07) is 0. The van der Waals surface area contributed by atoms with Crippen molar-refractivity contribution in [2.75, 3.05) is 69.6 Å². The minimum Gasteiger partial charge on any atom is -0.481 e. The van der Waals surface area contributed by atoms with Crippen LogP contribution in [0.4, 0.5) is 0 Å². The highest BCUT2D eigenvalue weighted by Gasteiger charge is 2.49. The zero-order valence-electron chi connectivity index (χ0n) is 25.2. The summed E-state index contributed by atoms with van der Waals surface area (Å²) in [7, 11) is 0. The molecule has 1 aliphatic heterocycles. The molecule has 1 aliphatic rings. The lowest BCUT2D eigenvalue weighted by molar-refractivity contribution is -0.150. The van der Waals surface area contributed by atoms with Crippen molar-refractivity contribution in [2.45, 2.75) is 55.1 Å². The van der Waals surface area contributed by atoms with Gasteiger partial charge in [0.15, 0.2) is 0 Å². The van der Waals surface area contributed by atoms with Crippen LogP contribution < -0.4 is 22.5 Å². The molecule has 19 heteroatoms. The zero-order chi connectivity index (χ0) is 34.4. The van der Waals surface area contributed by atoms with E-state index in [9.17, 15) is 44.1 Å². The Morgan fingerprint density at radius 2 is 0.778 bits per heavy atom. The number of carbonyl (C=O) groups excluding carboxylic acids is 3. The summed E-state index contributed by atoms with van der Waals surface area (Å²) >= 11 is 12.7. The number of nitrogens with zero attached hydrogens (tertiary/aromatic N) is 3. The van der Waals surface area contributed by atoms with Crippen LogP contribution in [0.1, 0.15) is 38.5 Å². The van der Waals surface area contributed by atoms with Crippen molar-refractivity contribution in [3.8, 4) is 0 Å². The second-order valence-electron chi connectivity index (χ2n) is 11.0. The minimum absolute atomic E-state index is 0.00169. The first-order valence-electron chi connectivity index (χ1n) is 14.4. The average molecular weight is 698 g/mol. The number of carboxylic acid groups (broad SMARTS) is 3. The normalized spacial score (nSPS) is 20.3. The molecule has 3 amide bonds. The Kier molecular flexibility index (Phi) is 17.0. The topological polar surface area (TPSA) is 263 Å². The molecule has 0 aromatic heterocycles. The Bertz CT molecular complexity index is 1020. The molecule has 1 rings (SSSR count). The van der Waals surface area contributed by atoms with Gasteiger partial charge in [0.05, 0.1) is 19.3 Å². The van der Waals surface area contributed by atoms with E-state index in [1.54, 1.807) is 9.80 Å². The summed E-state index contributed by atoms with van der Waals surface area (Å²) in [5.41, 5.74) is 12.4. The van der Waals surface area contributed by atoms with E-state index in [0.717, 1.165) is 0 Å². The maximum absolute atomic E-state index is 13.1. The maximum Gasteiger partial charge on any atom is 0.305 e. The molecule has 0 saturated carbocycles. The molecule has 0 aromatic rings. The molecule has 0 spiro atoms. The van der Waals surface area contributed by atoms with Gasteiger partial charge in [-0.25, -0.2) is 0 Å². The summed E-state index contributed by atoms with van der Waals surface area (Å²) in [5, 5.41) is 32.5. The molecule has 0 aromatic carbocycles. The van der Waals surface area contributed by atoms with Crippen LogP contribution in [-0.4, -0.2) is 152 Å². The molecule has 1 saturated heterocycles. The van der Waals surface area contributed by atoms with E-state index in [1.165, 1.54) is 4.90 Å². The number of carboxylic acids is 3. The Labute approximate surface area is 279 Å². The molecule has 258 valence electrons. The Morgan fingerprint density at radius 1 is 0.533 bits per heavy atom. The third-order valence-corrected chi connectivity index (χ3v) is 9.17. The van der Waals surface area contributed by atoms with Gasteiger partial charge in [-0.2, -0.15) is 37.9 Å². The van der Waals surface area contributed by atoms with Crippen molar-refractivity contribution < 1.29 is 44.1 Å². The smallest absolute Gasteiger partial charge is 0.305 e. The number of rotatable bonds is 18. The van der Waals surface area contributed by atoms with Crippen LogP contribution in [-0.2, 0) is 28.8 Å². The Hall–Kier alpha value is -2.29. The predicted molar refractivity (Wildman–Crippen MR) is 176 cm³/mol. The second kappa shape index (κ2) is 18.8. The van der Waals surface area contributed by atoms with Gasteiger partial charge in [0, 0.05) is 52.4 Å². The quantitative estimate of drug-likeness (QED) is 0.0668. The number of primary amides is 3. The van der Waals surface area contributed by atoms with Gasteiger partial charge in [0.2, 0.25) is 17.7 Å². The van der Waals surface area contributed by atoms with Gasteiger partial charge < -0.3 is 37.8 Å². The summed E-state index contributed by atoms with van der Waals surface area (Å²) in [6.07, 6.45) is -2.04. The molecule has 3 atom stereocenters. The number of thiol groups is 3. The van der Waals surface area contributed by atoms with Crippen molar-refractivity contribution in [3.05, 3.63) is 0 Å². The van der Waals surface area contributed by atoms with Crippen LogP contribution in [0.2, 0.25) is 0 Å². The third-order valence-electron chi connectivity index (χ3n) is 8.50. The lowest BCUT2D eigenvalue weighted by atomic mass is 9.86. The first-order valence-corrected chi connectivity index (χ1v) is 16.3. The fourth-order valence-electron chi connectivity index (χ4n) is 6.13. The number of hydrogen-bond donors (Lipinski definition) is 10. The van der Waals surface area contributed by atoms with E-state index in [-0.39, 0.29) is 88.9 Å².